The number of ether oxygens (including phenoxy) is 1. The topological polar surface area (TPSA) is 93.5 Å². The summed E-state index contributed by atoms with van der Waals surface area (Å²) in [7, 11) is 0. The quantitative estimate of drug-likeness (QED) is 0.697. The standard InChI is InChI=1S/C20H19N3O4/c1-13-6-3-4-9-17(13)26-12-19(24)21-16-8-5-7-15(11-16)20(25)22-18-10-14(2)27-23-18/h3-11H,12H2,1-2H3,(H,21,24)(H,22,23,25). The zero-order valence-electron chi connectivity index (χ0n) is 15.0. The molecule has 7 heteroatoms. The molecule has 0 atom stereocenters. The van der Waals surface area contributed by atoms with E-state index < -0.39 is 0 Å². The molecular formula is C20H19N3O4. The fraction of sp³-hybridized carbons (Fsp3) is 0.150. The Morgan fingerprint density at radius 2 is 1.85 bits per heavy atom. The van der Waals surface area contributed by atoms with Crippen LogP contribution in [0.4, 0.5) is 11.5 Å². The average molecular weight is 365 g/mol. The van der Waals surface area contributed by atoms with Crippen LogP contribution in [-0.4, -0.2) is 23.6 Å². The molecule has 2 aromatic carbocycles. The van der Waals surface area contributed by atoms with Crippen LogP contribution in [0.15, 0.2) is 59.1 Å². The number of nitrogens with one attached hydrogen (secondary N) is 2. The molecule has 0 saturated carbocycles. The molecule has 0 saturated heterocycles. The molecule has 138 valence electrons. The van der Waals surface area contributed by atoms with E-state index in [4.69, 9.17) is 9.26 Å². The van der Waals surface area contributed by atoms with Crippen LogP contribution in [0.2, 0.25) is 0 Å². The van der Waals surface area contributed by atoms with Crippen molar-refractivity contribution in [3.8, 4) is 5.75 Å². The van der Waals surface area contributed by atoms with Gasteiger partial charge in [-0.05, 0) is 43.7 Å². The predicted molar refractivity (Wildman–Crippen MR) is 101 cm³/mol. The monoisotopic (exact) mass is 365 g/mol. The van der Waals surface area contributed by atoms with E-state index in [1.807, 2.05) is 25.1 Å². The lowest BCUT2D eigenvalue weighted by molar-refractivity contribution is -0.118. The van der Waals surface area contributed by atoms with Crippen molar-refractivity contribution in [3.05, 3.63) is 71.5 Å². The molecule has 3 aromatic rings. The number of nitrogens with zero attached hydrogens (tertiary/aromatic N) is 1. The van der Waals surface area contributed by atoms with Crippen LogP contribution in [0.25, 0.3) is 0 Å². The summed E-state index contributed by atoms with van der Waals surface area (Å²) >= 11 is 0. The van der Waals surface area contributed by atoms with Gasteiger partial charge in [-0.25, -0.2) is 0 Å². The Bertz CT molecular complexity index is 965. The molecule has 1 heterocycles. The molecule has 1 aromatic heterocycles. The van der Waals surface area contributed by atoms with E-state index in [-0.39, 0.29) is 18.4 Å². The maximum atomic E-state index is 12.3. The van der Waals surface area contributed by atoms with E-state index in [1.165, 1.54) is 0 Å². The van der Waals surface area contributed by atoms with Gasteiger partial charge in [0, 0.05) is 17.3 Å². The van der Waals surface area contributed by atoms with Crippen molar-refractivity contribution < 1.29 is 18.8 Å². The van der Waals surface area contributed by atoms with Crippen LogP contribution in [0.1, 0.15) is 21.7 Å². The molecule has 3 rings (SSSR count). The van der Waals surface area contributed by atoms with Crippen molar-refractivity contribution in [3.63, 3.8) is 0 Å². The van der Waals surface area contributed by atoms with Crippen LogP contribution >= 0.6 is 0 Å². The number of hydrogen-bond donors (Lipinski definition) is 2. The molecule has 0 aliphatic rings. The van der Waals surface area contributed by atoms with Gasteiger partial charge >= 0.3 is 0 Å². The molecule has 7 nitrogen and oxygen atoms in total. The molecular weight excluding hydrogens is 346 g/mol. The minimum Gasteiger partial charge on any atom is -0.483 e. The molecule has 0 unspecified atom stereocenters. The number of anilines is 2. The van der Waals surface area contributed by atoms with Gasteiger partial charge in [0.15, 0.2) is 12.4 Å². The Kier molecular flexibility index (Phi) is 5.51. The fourth-order valence-corrected chi connectivity index (χ4v) is 2.41. The van der Waals surface area contributed by atoms with Crippen molar-refractivity contribution >= 4 is 23.3 Å². The number of aromatic nitrogens is 1. The van der Waals surface area contributed by atoms with Crippen LogP contribution in [0.5, 0.6) is 5.75 Å². The van der Waals surface area contributed by atoms with Crippen molar-refractivity contribution in [2.45, 2.75) is 13.8 Å². The first-order chi connectivity index (χ1) is 13.0. The Balaban J connectivity index is 1.59. The van der Waals surface area contributed by atoms with E-state index in [2.05, 4.69) is 15.8 Å². The Morgan fingerprint density at radius 3 is 2.59 bits per heavy atom. The van der Waals surface area contributed by atoms with Crippen molar-refractivity contribution in [2.24, 2.45) is 0 Å². The highest BCUT2D eigenvalue weighted by molar-refractivity contribution is 6.04. The predicted octanol–water partition coefficient (Wildman–Crippen LogP) is 3.56. The summed E-state index contributed by atoms with van der Waals surface area (Å²) in [5, 5.41) is 9.07. The SMILES string of the molecule is Cc1cc(NC(=O)c2cccc(NC(=O)COc3ccccc3C)c2)no1. The third kappa shape index (κ3) is 4.94. The van der Waals surface area contributed by atoms with E-state index in [0.29, 0.717) is 28.6 Å². The molecule has 2 N–H and O–H groups in total. The summed E-state index contributed by atoms with van der Waals surface area (Å²) in [4.78, 5) is 24.4. The molecule has 0 aliphatic carbocycles. The van der Waals surface area contributed by atoms with Gasteiger partial charge in [0.2, 0.25) is 0 Å². The van der Waals surface area contributed by atoms with Crippen LogP contribution in [0.3, 0.4) is 0 Å². The number of carbonyl (C=O) groups excluding carboxylic acids is 2. The van der Waals surface area contributed by atoms with Crippen molar-refractivity contribution in [2.75, 3.05) is 17.2 Å². The first-order valence-corrected chi connectivity index (χ1v) is 8.34. The third-order valence-electron chi connectivity index (χ3n) is 3.73. The molecule has 0 spiro atoms. The molecule has 27 heavy (non-hydrogen) atoms. The Morgan fingerprint density at radius 1 is 1.04 bits per heavy atom. The van der Waals surface area contributed by atoms with Gasteiger partial charge < -0.3 is 19.9 Å². The van der Waals surface area contributed by atoms with E-state index in [0.717, 1.165) is 5.56 Å². The van der Waals surface area contributed by atoms with Gasteiger partial charge in [-0.15, -0.1) is 0 Å². The third-order valence-corrected chi connectivity index (χ3v) is 3.73. The second kappa shape index (κ2) is 8.18. The lowest BCUT2D eigenvalue weighted by atomic mass is 10.2. The average Bonchev–Trinajstić information content (AvgIpc) is 3.06. The number of hydrogen-bond acceptors (Lipinski definition) is 5. The highest BCUT2D eigenvalue weighted by atomic mass is 16.5. The number of carbonyl (C=O) groups is 2. The van der Waals surface area contributed by atoms with Crippen LogP contribution in [0, 0.1) is 13.8 Å². The van der Waals surface area contributed by atoms with Gasteiger partial charge in [-0.3, -0.25) is 9.59 Å². The minimum absolute atomic E-state index is 0.126. The summed E-state index contributed by atoms with van der Waals surface area (Å²) in [6.45, 7) is 3.52. The van der Waals surface area contributed by atoms with Gasteiger partial charge in [-0.2, -0.15) is 0 Å². The first kappa shape index (κ1) is 18.2. The second-order valence-corrected chi connectivity index (χ2v) is 5.96. The van der Waals surface area contributed by atoms with Gasteiger partial charge in [0.1, 0.15) is 11.5 Å². The highest BCUT2D eigenvalue weighted by Gasteiger charge is 2.11. The summed E-state index contributed by atoms with van der Waals surface area (Å²) in [5.74, 6) is 0.917. The van der Waals surface area contributed by atoms with Gasteiger partial charge in [0.05, 0.1) is 0 Å². The fourth-order valence-electron chi connectivity index (χ4n) is 2.41. The summed E-state index contributed by atoms with van der Waals surface area (Å²) in [6.07, 6.45) is 0. The summed E-state index contributed by atoms with van der Waals surface area (Å²) < 4.78 is 10.4. The molecule has 0 radical (unpaired) electrons. The largest absolute Gasteiger partial charge is 0.483 e. The number of benzene rings is 2. The molecule has 0 bridgehead atoms. The van der Waals surface area contributed by atoms with E-state index in [9.17, 15) is 9.59 Å². The molecule has 0 fully saturated rings. The van der Waals surface area contributed by atoms with Gasteiger partial charge in [0.25, 0.3) is 11.8 Å². The van der Waals surface area contributed by atoms with Crippen molar-refractivity contribution in [1.29, 1.82) is 0 Å². The van der Waals surface area contributed by atoms with E-state index >= 15 is 0 Å². The summed E-state index contributed by atoms with van der Waals surface area (Å²) in [6, 6.07) is 15.7. The second-order valence-electron chi connectivity index (χ2n) is 5.96. The zero-order chi connectivity index (χ0) is 19.2. The van der Waals surface area contributed by atoms with Crippen LogP contribution < -0.4 is 15.4 Å². The smallest absolute Gasteiger partial charge is 0.262 e. The normalized spacial score (nSPS) is 10.3. The lowest BCUT2D eigenvalue weighted by Crippen LogP contribution is -2.21. The molecule has 0 aliphatic heterocycles. The maximum absolute atomic E-state index is 12.3. The highest BCUT2D eigenvalue weighted by Crippen LogP contribution is 2.17. The Hall–Kier alpha value is -3.61. The Labute approximate surface area is 156 Å². The zero-order valence-corrected chi connectivity index (χ0v) is 15.0. The van der Waals surface area contributed by atoms with Crippen molar-refractivity contribution in [1.82, 2.24) is 5.16 Å². The molecule has 2 amide bonds. The van der Waals surface area contributed by atoms with Gasteiger partial charge in [-0.1, -0.05) is 29.4 Å². The lowest BCUT2D eigenvalue weighted by Gasteiger charge is -2.10. The maximum Gasteiger partial charge on any atom is 0.262 e. The number of amides is 2. The number of aryl methyl sites for hydroxylation is 2. The minimum atomic E-state index is -0.351. The number of rotatable bonds is 6. The van der Waals surface area contributed by atoms with Crippen LogP contribution in [-0.2, 0) is 4.79 Å². The first-order valence-electron chi connectivity index (χ1n) is 8.34. The summed E-state index contributed by atoms with van der Waals surface area (Å²) in [5.41, 5.74) is 1.83. The van der Waals surface area contributed by atoms with E-state index in [1.54, 1.807) is 43.3 Å². The number of para-hydroxylation sites is 1.